The molecule has 4 aliphatic carbocycles. The molecule has 0 aromatic carbocycles. The van der Waals surface area contributed by atoms with Crippen molar-refractivity contribution in [2.24, 2.45) is 46.3 Å². The molecular weight excluding hydrogens is 398 g/mol. The smallest absolute Gasteiger partial charge is 0.407 e. The minimum absolute atomic E-state index is 0.0572. The predicted octanol–water partition coefficient (Wildman–Crippen LogP) is 6.58. The van der Waals surface area contributed by atoms with Gasteiger partial charge in [-0.3, -0.25) is 0 Å². The summed E-state index contributed by atoms with van der Waals surface area (Å²) in [6.07, 6.45) is 16.3. The quantitative estimate of drug-likeness (QED) is 0.520. The van der Waals surface area contributed by atoms with E-state index in [1.165, 1.54) is 64.2 Å². The van der Waals surface area contributed by atoms with Gasteiger partial charge in [0.1, 0.15) is 6.10 Å². The van der Waals surface area contributed by atoms with Crippen LogP contribution < -0.4 is 5.32 Å². The third kappa shape index (κ3) is 4.01. The van der Waals surface area contributed by atoms with E-state index in [-0.39, 0.29) is 12.2 Å². The molecule has 9 unspecified atom stereocenters. The first-order valence-electron chi connectivity index (χ1n) is 13.9. The van der Waals surface area contributed by atoms with E-state index in [0.717, 1.165) is 49.0 Å². The SMILES string of the molecule is CC(CCNC(=O)OC1CCOC1)C1CCC2C3CCC4CCCCC4(C)C3CCC12C. The topological polar surface area (TPSA) is 47.6 Å². The third-order valence-corrected chi connectivity index (χ3v) is 11.4. The van der Waals surface area contributed by atoms with Crippen molar-refractivity contribution in [3.63, 3.8) is 0 Å². The van der Waals surface area contributed by atoms with Gasteiger partial charge in [-0.1, -0.05) is 33.6 Å². The van der Waals surface area contributed by atoms with E-state index in [1.807, 2.05) is 0 Å². The normalized spacial score (nSPS) is 46.6. The molecule has 9 atom stereocenters. The summed E-state index contributed by atoms with van der Waals surface area (Å²) < 4.78 is 10.8. The van der Waals surface area contributed by atoms with Gasteiger partial charge in [0, 0.05) is 13.0 Å². The maximum absolute atomic E-state index is 12.1. The number of rotatable bonds is 5. The summed E-state index contributed by atoms with van der Waals surface area (Å²) in [4.78, 5) is 12.1. The first-order chi connectivity index (χ1) is 15.4. The molecule has 0 spiro atoms. The molecular formula is C28H47NO3. The van der Waals surface area contributed by atoms with Crippen molar-refractivity contribution in [2.75, 3.05) is 19.8 Å². The summed E-state index contributed by atoms with van der Waals surface area (Å²) >= 11 is 0. The first kappa shape index (κ1) is 23.0. The summed E-state index contributed by atoms with van der Waals surface area (Å²) in [5, 5.41) is 3.01. The van der Waals surface area contributed by atoms with Crippen LogP contribution in [0.5, 0.6) is 0 Å². The Morgan fingerprint density at radius 1 is 1.00 bits per heavy atom. The van der Waals surface area contributed by atoms with Crippen LogP contribution in [0, 0.1) is 46.3 Å². The molecule has 1 saturated heterocycles. The Morgan fingerprint density at radius 2 is 1.84 bits per heavy atom. The zero-order chi connectivity index (χ0) is 22.3. The van der Waals surface area contributed by atoms with Crippen molar-refractivity contribution >= 4 is 6.09 Å². The average Bonchev–Trinajstić information content (AvgIpc) is 3.40. The fourth-order valence-corrected chi connectivity index (χ4v) is 9.67. The number of ether oxygens (including phenoxy) is 2. The van der Waals surface area contributed by atoms with Crippen molar-refractivity contribution in [2.45, 2.75) is 104 Å². The van der Waals surface area contributed by atoms with Crippen molar-refractivity contribution in [3.8, 4) is 0 Å². The van der Waals surface area contributed by atoms with Crippen LogP contribution in [0.1, 0.15) is 97.8 Å². The van der Waals surface area contributed by atoms with Crippen LogP contribution in [0.25, 0.3) is 0 Å². The summed E-state index contributed by atoms with van der Waals surface area (Å²) in [7, 11) is 0. The number of hydrogen-bond acceptors (Lipinski definition) is 3. The second-order valence-electron chi connectivity index (χ2n) is 12.7. The highest BCUT2D eigenvalue weighted by Crippen LogP contribution is 2.68. The zero-order valence-corrected chi connectivity index (χ0v) is 20.9. The molecule has 5 aliphatic rings. The fraction of sp³-hybridized carbons (Fsp3) is 0.964. The lowest BCUT2D eigenvalue weighted by Gasteiger charge is -2.61. The molecule has 1 amide bonds. The molecule has 32 heavy (non-hydrogen) atoms. The van der Waals surface area contributed by atoms with Gasteiger partial charge < -0.3 is 14.8 Å². The van der Waals surface area contributed by atoms with Crippen LogP contribution in [0.4, 0.5) is 4.79 Å². The lowest BCUT2D eigenvalue weighted by molar-refractivity contribution is -0.114. The summed E-state index contributed by atoms with van der Waals surface area (Å²) in [6.45, 7) is 9.77. The molecule has 0 aromatic heterocycles. The molecule has 5 fully saturated rings. The molecule has 4 heteroatoms. The van der Waals surface area contributed by atoms with Gasteiger partial charge >= 0.3 is 6.09 Å². The predicted molar refractivity (Wildman–Crippen MR) is 127 cm³/mol. The third-order valence-electron chi connectivity index (χ3n) is 11.4. The monoisotopic (exact) mass is 445 g/mol. The maximum Gasteiger partial charge on any atom is 0.407 e. The fourth-order valence-electron chi connectivity index (χ4n) is 9.67. The van der Waals surface area contributed by atoms with Gasteiger partial charge in [0.25, 0.3) is 0 Å². The van der Waals surface area contributed by atoms with Crippen LogP contribution in [0.3, 0.4) is 0 Å². The average molecular weight is 446 g/mol. The van der Waals surface area contributed by atoms with Crippen LogP contribution >= 0.6 is 0 Å². The Labute approximate surface area is 196 Å². The number of hydrogen-bond donors (Lipinski definition) is 1. The Hall–Kier alpha value is -0.770. The number of amides is 1. The van der Waals surface area contributed by atoms with Gasteiger partial charge in [0.05, 0.1) is 13.2 Å². The van der Waals surface area contributed by atoms with E-state index < -0.39 is 0 Å². The van der Waals surface area contributed by atoms with Crippen LogP contribution in [0.15, 0.2) is 0 Å². The highest BCUT2D eigenvalue weighted by atomic mass is 16.6. The van der Waals surface area contributed by atoms with Crippen molar-refractivity contribution in [3.05, 3.63) is 0 Å². The first-order valence-corrected chi connectivity index (χ1v) is 13.9. The highest BCUT2D eigenvalue weighted by molar-refractivity contribution is 5.67. The van der Waals surface area contributed by atoms with Crippen molar-refractivity contribution in [1.82, 2.24) is 5.32 Å². The second kappa shape index (κ2) is 9.12. The molecule has 0 aromatic rings. The maximum atomic E-state index is 12.1. The lowest BCUT2D eigenvalue weighted by atomic mass is 9.44. The molecule has 0 bridgehead atoms. The minimum atomic E-state index is -0.263. The standard InChI is InChI=1S/C28H47NO3/c1-19(12-16-29-26(30)32-21-13-17-31-18-21)23-9-10-24-22-8-7-20-6-4-5-14-27(20,2)25(22)11-15-28(23,24)3/h19-25H,4-18H2,1-3H3,(H,29,30). The lowest BCUT2D eigenvalue weighted by Crippen LogP contribution is -2.53. The van der Waals surface area contributed by atoms with E-state index in [2.05, 4.69) is 26.1 Å². The Morgan fingerprint density at radius 3 is 2.66 bits per heavy atom. The largest absolute Gasteiger partial charge is 0.444 e. The minimum Gasteiger partial charge on any atom is -0.444 e. The number of nitrogens with one attached hydrogen (secondary N) is 1. The van der Waals surface area contributed by atoms with E-state index in [1.54, 1.807) is 0 Å². The zero-order valence-electron chi connectivity index (χ0n) is 20.9. The summed E-state index contributed by atoms with van der Waals surface area (Å²) in [5.41, 5.74) is 1.15. The molecule has 182 valence electrons. The van der Waals surface area contributed by atoms with Gasteiger partial charge in [0.2, 0.25) is 0 Å². The molecule has 5 rings (SSSR count). The molecule has 0 radical (unpaired) electrons. The Kier molecular flexibility index (Phi) is 6.55. The van der Waals surface area contributed by atoms with E-state index >= 15 is 0 Å². The van der Waals surface area contributed by atoms with E-state index in [9.17, 15) is 4.79 Å². The van der Waals surface area contributed by atoms with Crippen molar-refractivity contribution in [1.29, 1.82) is 0 Å². The number of carbonyl (C=O) groups excluding carboxylic acids is 1. The van der Waals surface area contributed by atoms with Crippen molar-refractivity contribution < 1.29 is 14.3 Å². The second-order valence-corrected chi connectivity index (χ2v) is 12.7. The number of alkyl carbamates (subject to hydrolysis) is 1. The van der Waals surface area contributed by atoms with E-state index in [0.29, 0.717) is 30.0 Å². The Balaban J connectivity index is 1.17. The molecule has 1 N–H and O–H groups in total. The van der Waals surface area contributed by atoms with Gasteiger partial charge in [-0.05, 0) is 104 Å². The summed E-state index contributed by atoms with van der Waals surface area (Å²) in [6, 6.07) is 0. The van der Waals surface area contributed by atoms with Gasteiger partial charge in [0.15, 0.2) is 0 Å². The number of carbonyl (C=O) groups is 1. The van der Waals surface area contributed by atoms with Gasteiger partial charge in [-0.25, -0.2) is 4.79 Å². The highest BCUT2D eigenvalue weighted by Gasteiger charge is 2.60. The molecule has 1 aliphatic heterocycles. The van der Waals surface area contributed by atoms with Crippen LogP contribution in [-0.4, -0.2) is 32.0 Å². The molecule has 4 nitrogen and oxygen atoms in total. The number of fused-ring (bicyclic) bond motifs is 5. The molecule has 1 heterocycles. The summed E-state index contributed by atoms with van der Waals surface area (Å²) in [5.74, 6) is 5.40. The van der Waals surface area contributed by atoms with Crippen LogP contribution in [0.2, 0.25) is 0 Å². The molecule has 4 saturated carbocycles. The van der Waals surface area contributed by atoms with Gasteiger partial charge in [-0.2, -0.15) is 0 Å². The van der Waals surface area contributed by atoms with Crippen LogP contribution in [-0.2, 0) is 9.47 Å². The Bertz CT molecular complexity index is 676. The van der Waals surface area contributed by atoms with E-state index in [4.69, 9.17) is 9.47 Å². The van der Waals surface area contributed by atoms with Gasteiger partial charge in [-0.15, -0.1) is 0 Å².